The van der Waals surface area contributed by atoms with Crippen molar-refractivity contribution in [3.63, 3.8) is 0 Å². The fourth-order valence-electron chi connectivity index (χ4n) is 3.87. The molecule has 1 aromatic carbocycles. The van der Waals surface area contributed by atoms with Crippen molar-refractivity contribution in [2.24, 2.45) is 5.92 Å². The monoisotopic (exact) mass is 316 g/mol. The van der Waals surface area contributed by atoms with Gasteiger partial charge in [-0.05, 0) is 50.2 Å². The number of hydrogen-bond donors (Lipinski definition) is 1. The molecular formula is C19H28N2O2. The number of likely N-dealkylation sites (tertiary alicyclic amines) is 1. The minimum absolute atomic E-state index is 0.0635. The summed E-state index contributed by atoms with van der Waals surface area (Å²) in [4.78, 5) is 17.1. The van der Waals surface area contributed by atoms with Crippen LogP contribution in [-0.2, 0) is 17.8 Å². The summed E-state index contributed by atoms with van der Waals surface area (Å²) in [6.45, 7) is 7.28. The number of hydrogen-bond acceptors (Lipinski definition) is 3. The van der Waals surface area contributed by atoms with E-state index in [4.69, 9.17) is 0 Å². The van der Waals surface area contributed by atoms with E-state index in [0.29, 0.717) is 5.92 Å². The van der Waals surface area contributed by atoms with Gasteiger partial charge in [0.25, 0.3) is 0 Å². The molecule has 1 amide bonds. The van der Waals surface area contributed by atoms with Crippen molar-refractivity contribution in [3.05, 3.63) is 35.4 Å². The Morgan fingerprint density at radius 3 is 2.43 bits per heavy atom. The number of aliphatic hydroxyl groups is 1. The highest BCUT2D eigenvalue weighted by atomic mass is 16.3. The van der Waals surface area contributed by atoms with Gasteiger partial charge in [0.05, 0.1) is 12.1 Å². The minimum Gasteiger partial charge on any atom is -0.393 e. The summed E-state index contributed by atoms with van der Waals surface area (Å²) >= 11 is 0. The van der Waals surface area contributed by atoms with E-state index in [1.165, 1.54) is 11.1 Å². The van der Waals surface area contributed by atoms with Gasteiger partial charge >= 0.3 is 0 Å². The van der Waals surface area contributed by atoms with Crippen LogP contribution in [0.15, 0.2) is 24.3 Å². The third-order valence-electron chi connectivity index (χ3n) is 5.60. The summed E-state index contributed by atoms with van der Waals surface area (Å²) in [5, 5.41) is 9.70. The molecule has 1 saturated heterocycles. The third kappa shape index (κ3) is 3.59. The molecule has 1 fully saturated rings. The highest BCUT2D eigenvalue weighted by Crippen LogP contribution is 2.24. The molecule has 3 rings (SSSR count). The van der Waals surface area contributed by atoms with Gasteiger partial charge in [-0.3, -0.25) is 9.69 Å². The molecule has 0 aliphatic carbocycles. The second-order valence-corrected chi connectivity index (χ2v) is 7.07. The largest absolute Gasteiger partial charge is 0.393 e. The molecule has 2 aliphatic heterocycles. The van der Waals surface area contributed by atoms with Gasteiger partial charge in [-0.25, -0.2) is 0 Å². The van der Waals surface area contributed by atoms with Crippen LogP contribution in [0, 0.1) is 5.92 Å². The number of carbonyl (C=O) groups excluding carboxylic acids is 1. The number of rotatable bonds is 3. The van der Waals surface area contributed by atoms with Crippen LogP contribution in [0.25, 0.3) is 0 Å². The van der Waals surface area contributed by atoms with Crippen molar-refractivity contribution in [2.45, 2.75) is 51.8 Å². The quantitative estimate of drug-likeness (QED) is 0.928. The Morgan fingerprint density at radius 2 is 1.78 bits per heavy atom. The summed E-state index contributed by atoms with van der Waals surface area (Å²) in [5.74, 6) is 0.588. The van der Waals surface area contributed by atoms with Gasteiger partial charge in [-0.15, -0.1) is 0 Å². The molecule has 1 aromatic rings. The lowest BCUT2D eigenvalue weighted by Crippen LogP contribution is -2.51. The number of piperidine rings is 1. The molecule has 0 saturated carbocycles. The fraction of sp³-hybridized carbons (Fsp3) is 0.632. The molecule has 2 atom stereocenters. The highest BCUT2D eigenvalue weighted by Gasteiger charge is 2.31. The van der Waals surface area contributed by atoms with Gasteiger partial charge < -0.3 is 10.0 Å². The van der Waals surface area contributed by atoms with Crippen LogP contribution in [0.5, 0.6) is 0 Å². The summed E-state index contributed by atoms with van der Waals surface area (Å²) in [5.41, 5.74) is 2.77. The van der Waals surface area contributed by atoms with Gasteiger partial charge in [0, 0.05) is 26.2 Å². The van der Waals surface area contributed by atoms with E-state index >= 15 is 0 Å². The summed E-state index contributed by atoms with van der Waals surface area (Å²) in [6, 6.07) is 8.48. The van der Waals surface area contributed by atoms with Gasteiger partial charge in [0.15, 0.2) is 0 Å². The third-order valence-corrected chi connectivity index (χ3v) is 5.60. The van der Waals surface area contributed by atoms with Gasteiger partial charge in [-0.2, -0.15) is 0 Å². The number of fused-ring (bicyclic) bond motifs is 1. The summed E-state index contributed by atoms with van der Waals surface area (Å²) < 4.78 is 0. The minimum atomic E-state index is -0.261. The Bertz CT molecular complexity index is 550. The molecule has 2 unspecified atom stereocenters. The average Bonchev–Trinajstić information content (AvgIpc) is 2.60. The van der Waals surface area contributed by atoms with E-state index in [1.807, 2.05) is 18.7 Å². The second-order valence-electron chi connectivity index (χ2n) is 7.07. The van der Waals surface area contributed by atoms with Crippen LogP contribution in [0.3, 0.4) is 0 Å². The van der Waals surface area contributed by atoms with Crippen LogP contribution in [0.4, 0.5) is 0 Å². The van der Waals surface area contributed by atoms with Crippen molar-refractivity contribution >= 4 is 5.91 Å². The van der Waals surface area contributed by atoms with E-state index in [2.05, 4.69) is 29.2 Å². The zero-order chi connectivity index (χ0) is 16.4. The van der Waals surface area contributed by atoms with Crippen molar-refractivity contribution in [1.29, 1.82) is 0 Å². The molecule has 1 N–H and O–H groups in total. The molecule has 0 aromatic heterocycles. The highest BCUT2D eigenvalue weighted by molar-refractivity contribution is 5.81. The molecular weight excluding hydrogens is 288 g/mol. The van der Waals surface area contributed by atoms with E-state index < -0.39 is 0 Å². The SMILES string of the molecule is CC(O)C1CCN(C(=O)C(C)N2CCc3ccccc3C2)CC1. The van der Waals surface area contributed by atoms with Crippen LogP contribution in [0.2, 0.25) is 0 Å². The first-order chi connectivity index (χ1) is 11.1. The zero-order valence-electron chi connectivity index (χ0n) is 14.2. The lowest BCUT2D eigenvalue weighted by Gasteiger charge is -2.38. The number of nitrogens with zero attached hydrogens (tertiary/aromatic N) is 2. The maximum absolute atomic E-state index is 12.8. The van der Waals surface area contributed by atoms with Crippen LogP contribution in [0.1, 0.15) is 37.8 Å². The molecule has 0 bridgehead atoms. The van der Waals surface area contributed by atoms with Crippen LogP contribution < -0.4 is 0 Å². The summed E-state index contributed by atoms with van der Waals surface area (Å²) in [7, 11) is 0. The number of carbonyl (C=O) groups is 1. The molecule has 4 heteroatoms. The average molecular weight is 316 g/mol. The Labute approximate surface area is 139 Å². The second kappa shape index (κ2) is 7.02. The molecule has 2 heterocycles. The lowest BCUT2D eigenvalue weighted by molar-refractivity contribution is -0.138. The van der Waals surface area contributed by atoms with E-state index in [-0.39, 0.29) is 18.1 Å². The van der Waals surface area contributed by atoms with Gasteiger partial charge in [0.1, 0.15) is 0 Å². The summed E-state index contributed by atoms with van der Waals surface area (Å²) in [6.07, 6.45) is 2.60. The van der Waals surface area contributed by atoms with E-state index in [0.717, 1.165) is 45.4 Å². The Kier molecular flexibility index (Phi) is 5.02. The molecule has 4 nitrogen and oxygen atoms in total. The fourth-order valence-corrected chi connectivity index (χ4v) is 3.87. The topological polar surface area (TPSA) is 43.8 Å². The van der Waals surface area contributed by atoms with Crippen molar-refractivity contribution < 1.29 is 9.90 Å². The maximum Gasteiger partial charge on any atom is 0.239 e. The van der Waals surface area contributed by atoms with Crippen molar-refractivity contribution in [3.8, 4) is 0 Å². The van der Waals surface area contributed by atoms with Crippen molar-refractivity contribution in [2.75, 3.05) is 19.6 Å². The number of amides is 1. The molecule has 2 aliphatic rings. The lowest BCUT2D eigenvalue weighted by atomic mass is 9.92. The standard InChI is InChI=1S/C19H28N2O2/c1-14(19(23)20-10-7-16(8-11-20)15(2)22)21-12-9-17-5-3-4-6-18(17)13-21/h3-6,14-16,22H,7-13H2,1-2H3. The molecule has 23 heavy (non-hydrogen) atoms. The van der Waals surface area contributed by atoms with Gasteiger partial charge in [-0.1, -0.05) is 24.3 Å². The normalized spacial score (nSPS) is 22.5. The van der Waals surface area contributed by atoms with E-state index in [1.54, 1.807) is 0 Å². The predicted molar refractivity (Wildman–Crippen MR) is 91.0 cm³/mol. The molecule has 0 spiro atoms. The Balaban J connectivity index is 1.58. The van der Waals surface area contributed by atoms with Gasteiger partial charge in [0.2, 0.25) is 5.91 Å². The van der Waals surface area contributed by atoms with E-state index in [9.17, 15) is 9.90 Å². The van der Waals surface area contributed by atoms with Crippen LogP contribution in [-0.4, -0.2) is 52.6 Å². The predicted octanol–water partition coefficient (Wildman–Crippen LogP) is 2.05. The molecule has 126 valence electrons. The first-order valence-electron chi connectivity index (χ1n) is 8.84. The Morgan fingerprint density at radius 1 is 1.13 bits per heavy atom. The first-order valence-corrected chi connectivity index (χ1v) is 8.84. The van der Waals surface area contributed by atoms with Crippen molar-refractivity contribution in [1.82, 2.24) is 9.80 Å². The zero-order valence-corrected chi connectivity index (χ0v) is 14.2. The first kappa shape index (κ1) is 16.5. The number of aliphatic hydroxyl groups excluding tert-OH is 1. The maximum atomic E-state index is 12.8. The molecule has 0 radical (unpaired) electrons. The smallest absolute Gasteiger partial charge is 0.239 e. The number of benzene rings is 1. The Hall–Kier alpha value is -1.39. The van der Waals surface area contributed by atoms with Crippen LogP contribution >= 0.6 is 0 Å².